The number of benzene rings is 2. The third kappa shape index (κ3) is 5.81. The van der Waals surface area contributed by atoms with Crippen molar-refractivity contribution in [1.82, 2.24) is 10.1 Å². The molecule has 2 heterocycles. The van der Waals surface area contributed by atoms with Crippen LogP contribution in [-0.2, 0) is 27.5 Å². The van der Waals surface area contributed by atoms with E-state index in [1.807, 2.05) is 30.3 Å². The van der Waals surface area contributed by atoms with E-state index in [0.29, 0.717) is 31.0 Å². The molecule has 1 unspecified atom stereocenters. The second-order valence-corrected chi connectivity index (χ2v) is 8.63. The van der Waals surface area contributed by atoms with Gasteiger partial charge in [0.2, 0.25) is 5.82 Å². The van der Waals surface area contributed by atoms with Crippen LogP contribution in [-0.4, -0.2) is 47.5 Å². The number of hydrogen-bond donors (Lipinski definition) is 1. The van der Waals surface area contributed by atoms with Gasteiger partial charge in [0.15, 0.2) is 0 Å². The van der Waals surface area contributed by atoms with Gasteiger partial charge in [-0.05, 0) is 56.0 Å². The van der Waals surface area contributed by atoms with E-state index in [9.17, 15) is 4.79 Å². The van der Waals surface area contributed by atoms with Gasteiger partial charge in [-0.3, -0.25) is 4.79 Å². The first-order valence-electron chi connectivity index (χ1n) is 11.7. The monoisotopic (exact) mass is 465 g/mol. The van der Waals surface area contributed by atoms with E-state index in [2.05, 4.69) is 34.1 Å². The first kappa shape index (κ1) is 23.9. The molecule has 0 amide bonds. The van der Waals surface area contributed by atoms with Crippen LogP contribution in [0.5, 0.6) is 0 Å². The van der Waals surface area contributed by atoms with Crippen molar-refractivity contribution in [3.8, 4) is 22.8 Å². The van der Waals surface area contributed by atoms with Crippen molar-refractivity contribution in [1.29, 1.82) is 0 Å². The van der Waals surface area contributed by atoms with Gasteiger partial charge in [-0.25, -0.2) is 0 Å². The van der Waals surface area contributed by atoms with Crippen LogP contribution in [0.1, 0.15) is 43.7 Å². The van der Waals surface area contributed by atoms with Gasteiger partial charge < -0.3 is 24.0 Å². The predicted octanol–water partition coefficient (Wildman–Crippen LogP) is 4.92. The van der Waals surface area contributed by atoms with Crippen molar-refractivity contribution in [3.05, 3.63) is 53.6 Å². The van der Waals surface area contributed by atoms with Crippen molar-refractivity contribution in [2.45, 2.75) is 51.9 Å². The summed E-state index contributed by atoms with van der Waals surface area (Å²) in [6.45, 7) is 4.33. The Morgan fingerprint density at radius 2 is 2.06 bits per heavy atom. The summed E-state index contributed by atoms with van der Waals surface area (Å²) in [5.41, 5.74) is 4.89. The van der Waals surface area contributed by atoms with Gasteiger partial charge in [0.1, 0.15) is 0 Å². The normalized spacial score (nSPS) is 16.1. The second kappa shape index (κ2) is 11.3. The fraction of sp³-hybridized carbons (Fsp3) is 0.423. The molecule has 0 saturated carbocycles. The molecule has 1 N–H and O–H groups in total. The molecule has 1 atom stereocenters. The zero-order valence-corrected chi connectivity index (χ0v) is 19.7. The van der Waals surface area contributed by atoms with Crippen molar-refractivity contribution in [2.24, 2.45) is 0 Å². The van der Waals surface area contributed by atoms with E-state index in [-0.39, 0.29) is 13.0 Å². The van der Waals surface area contributed by atoms with Crippen LogP contribution in [0.25, 0.3) is 22.8 Å². The fourth-order valence-electron chi connectivity index (χ4n) is 4.33. The lowest BCUT2D eigenvalue weighted by Gasteiger charge is -2.36. The number of ether oxygens (including phenoxy) is 2. The lowest BCUT2D eigenvalue weighted by atomic mass is 10.00. The summed E-state index contributed by atoms with van der Waals surface area (Å²) in [6.07, 6.45) is 3.66. The summed E-state index contributed by atoms with van der Waals surface area (Å²) >= 11 is 0. The van der Waals surface area contributed by atoms with Gasteiger partial charge in [0.25, 0.3) is 5.89 Å². The number of aliphatic carboxylic acids is 1. The fourth-order valence-corrected chi connectivity index (χ4v) is 4.33. The molecule has 4 rings (SSSR count). The highest BCUT2D eigenvalue weighted by Gasteiger charge is 2.22. The van der Waals surface area contributed by atoms with Crippen LogP contribution < -0.4 is 4.90 Å². The number of piperidine rings is 1. The number of methoxy groups -OCH3 is 1. The lowest BCUT2D eigenvalue weighted by molar-refractivity contribution is -0.138. The molecule has 3 aromatic rings. The minimum absolute atomic E-state index is 0.0194. The van der Waals surface area contributed by atoms with Gasteiger partial charge >= 0.3 is 5.97 Å². The number of anilines is 1. The van der Waals surface area contributed by atoms with E-state index in [1.165, 1.54) is 24.9 Å². The third-order valence-corrected chi connectivity index (χ3v) is 6.08. The van der Waals surface area contributed by atoms with Gasteiger partial charge in [0.05, 0.1) is 26.2 Å². The number of aromatic nitrogens is 2. The van der Waals surface area contributed by atoms with Gasteiger partial charge in [-0.1, -0.05) is 23.4 Å². The van der Waals surface area contributed by atoms with E-state index in [1.54, 1.807) is 7.11 Å². The van der Waals surface area contributed by atoms with Crippen molar-refractivity contribution >= 4 is 11.7 Å². The first-order chi connectivity index (χ1) is 16.5. The Bertz CT molecular complexity index is 1110. The van der Waals surface area contributed by atoms with Crippen LogP contribution in [0.3, 0.4) is 0 Å². The van der Waals surface area contributed by atoms with Gasteiger partial charge in [0, 0.05) is 42.1 Å². The average molecular weight is 466 g/mol. The third-order valence-electron chi connectivity index (χ3n) is 6.08. The van der Waals surface area contributed by atoms with Crippen LogP contribution in [0.4, 0.5) is 5.69 Å². The summed E-state index contributed by atoms with van der Waals surface area (Å²) < 4.78 is 16.5. The van der Waals surface area contributed by atoms with E-state index < -0.39 is 5.97 Å². The molecule has 0 bridgehead atoms. The highest BCUT2D eigenvalue weighted by atomic mass is 16.5. The quantitative estimate of drug-likeness (QED) is 0.421. The summed E-state index contributed by atoms with van der Waals surface area (Å²) in [6, 6.07) is 14.4. The molecular formula is C26H31N3O5. The lowest BCUT2D eigenvalue weighted by Crippen LogP contribution is -2.38. The number of carboxylic acid groups (broad SMARTS) is 1. The minimum Gasteiger partial charge on any atom is -0.481 e. The molecule has 1 aromatic heterocycles. The first-order valence-corrected chi connectivity index (χ1v) is 11.7. The summed E-state index contributed by atoms with van der Waals surface area (Å²) in [7, 11) is 1.71. The Balaban J connectivity index is 1.52. The molecule has 1 aliphatic rings. The maximum Gasteiger partial charge on any atom is 0.305 e. The topological polar surface area (TPSA) is 97.9 Å². The molecule has 0 aliphatic carbocycles. The molecule has 1 fully saturated rings. The summed E-state index contributed by atoms with van der Waals surface area (Å²) in [5.74, 6) is 0.0679. The summed E-state index contributed by atoms with van der Waals surface area (Å²) in [5, 5.41) is 12.9. The Morgan fingerprint density at radius 1 is 1.18 bits per heavy atom. The SMILES string of the molecule is COCc1cc(-c2nc(-c3cccc(COCCC(=O)O)c3)no2)ccc1N1CCCCC1C. The number of carbonyl (C=O) groups is 1. The van der Waals surface area contributed by atoms with Crippen LogP contribution in [0.15, 0.2) is 47.0 Å². The molecule has 1 saturated heterocycles. The Morgan fingerprint density at radius 3 is 2.85 bits per heavy atom. The molecule has 180 valence electrons. The summed E-state index contributed by atoms with van der Waals surface area (Å²) in [4.78, 5) is 17.7. The minimum atomic E-state index is -0.875. The zero-order chi connectivity index (χ0) is 23.9. The van der Waals surface area contributed by atoms with Crippen molar-refractivity contribution in [3.63, 3.8) is 0 Å². The molecule has 2 aromatic carbocycles. The average Bonchev–Trinajstić information content (AvgIpc) is 3.33. The zero-order valence-electron chi connectivity index (χ0n) is 19.7. The Labute approximate surface area is 199 Å². The van der Waals surface area contributed by atoms with E-state index >= 15 is 0 Å². The van der Waals surface area contributed by atoms with Crippen LogP contribution in [0, 0.1) is 0 Å². The Hall–Kier alpha value is -3.23. The van der Waals surface area contributed by atoms with Crippen molar-refractivity contribution in [2.75, 3.05) is 25.2 Å². The van der Waals surface area contributed by atoms with E-state index in [0.717, 1.165) is 28.8 Å². The smallest absolute Gasteiger partial charge is 0.305 e. The predicted molar refractivity (Wildman–Crippen MR) is 128 cm³/mol. The molecule has 8 nitrogen and oxygen atoms in total. The Kier molecular flexibility index (Phi) is 7.92. The van der Waals surface area contributed by atoms with Crippen LogP contribution in [0.2, 0.25) is 0 Å². The molecule has 1 aliphatic heterocycles. The maximum atomic E-state index is 10.6. The molecular weight excluding hydrogens is 434 g/mol. The molecule has 0 spiro atoms. The molecule has 0 radical (unpaired) electrons. The molecule has 34 heavy (non-hydrogen) atoms. The number of carboxylic acids is 1. The number of hydrogen-bond acceptors (Lipinski definition) is 7. The van der Waals surface area contributed by atoms with Crippen LogP contribution >= 0.6 is 0 Å². The standard InChI is InChI=1S/C26H31N3O5/c1-18-6-3-4-12-29(18)23-10-9-21(15-22(23)17-32-2)26-27-25(28-34-26)20-8-5-7-19(14-20)16-33-13-11-24(30)31/h5,7-10,14-15,18H,3-4,6,11-13,16-17H2,1-2H3,(H,30,31). The number of nitrogens with zero attached hydrogens (tertiary/aromatic N) is 3. The maximum absolute atomic E-state index is 10.6. The number of rotatable bonds is 10. The largest absolute Gasteiger partial charge is 0.481 e. The second-order valence-electron chi connectivity index (χ2n) is 8.63. The highest BCUT2D eigenvalue weighted by molar-refractivity contribution is 5.67. The van der Waals surface area contributed by atoms with Gasteiger partial charge in [-0.15, -0.1) is 0 Å². The van der Waals surface area contributed by atoms with Gasteiger partial charge in [-0.2, -0.15) is 4.98 Å². The van der Waals surface area contributed by atoms with Crippen molar-refractivity contribution < 1.29 is 23.9 Å². The molecule has 8 heteroatoms. The van der Waals surface area contributed by atoms with E-state index in [4.69, 9.17) is 19.1 Å². The highest BCUT2D eigenvalue weighted by Crippen LogP contribution is 2.32.